The molecule has 12 heteroatoms. The Morgan fingerprint density at radius 1 is 0.761 bits per heavy atom. The summed E-state index contributed by atoms with van der Waals surface area (Å²) >= 11 is 2.39. The summed E-state index contributed by atoms with van der Waals surface area (Å²) in [6.45, 7) is 0. The number of carbonyl (C=O) groups is 3. The van der Waals surface area contributed by atoms with Gasteiger partial charge in [-0.25, -0.2) is 17.6 Å². The van der Waals surface area contributed by atoms with Gasteiger partial charge >= 0.3 is 0 Å². The van der Waals surface area contributed by atoms with Crippen LogP contribution >= 0.6 is 23.1 Å². The molecule has 0 radical (unpaired) electrons. The van der Waals surface area contributed by atoms with Crippen LogP contribution in [0.3, 0.4) is 0 Å². The third kappa shape index (κ3) is 7.89. The Balaban J connectivity index is 1.38. The standard InChI is InChI=1S/C34H23F4N3O3S2/c35-25-18-26(36)29(38)30(28(25)37)41-34(44)31(21-8-3-1-4-9-21)46-24-13-7-12-23(17-24)39-33(43)27(16-20-14-15-45-19-20)40-32(42)22-10-5-2-6-11-22/h1-19,31H,(H,39,43)(H,40,42)(H,41,44)/b27-16-. The Bertz CT molecular complexity index is 1880. The first-order chi connectivity index (χ1) is 22.2. The van der Waals surface area contributed by atoms with Crippen LogP contribution in [0.15, 0.2) is 118 Å². The van der Waals surface area contributed by atoms with Crippen molar-refractivity contribution in [3.8, 4) is 0 Å². The summed E-state index contributed by atoms with van der Waals surface area (Å²) in [5.74, 6) is -8.84. The second kappa shape index (κ2) is 14.7. The molecule has 0 saturated carbocycles. The molecule has 1 unspecified atom stereocenters. The summed E-state index contributed by atoms with van der Waals surface area (Å²) in [5, 5.41) is 9.90. The van der Waals surface area contributed by atoms with Crippen molar-refractivity contribution in [3.05, 3.63) is 153 Å². The van der Waals surface area contributed by atoms with Gasteiger partial charge in [0.2, 0.25) is 5.91 Å². The van der Waals surface area contributed by atoms with Crippen molar-refractivity contribution in [2.24, 2.45) is 0 Å². The van der Waals surface area contributed by atoms with Crippen molar-refractivity contribution < 1.29 is 31.9 Å². The molecule has 3 amide bonds. The fourth-order valence-corrected chi connectivity index (χ4v) is 5.92. The van der Waals surface area contributed by atoms with Gasteiger partial charge in [0, 0.05) is 22.2 Å². The molecule has 0 bridgehead atoms. The van der Waals surface area contributed by atoms with Crippen molar-refractivity contribution in [2.75, 3.05) is 10.6 Å². The minimum absolute atomic E-state index is 0.0155. The van der Waals surface area contributed by atoms with Gasteiger partial charge in [0.25, 0.3) is 11.8 Å². The van der Waals surface area contributed by atoms with Crippen molar-refractivity contribution >= 4 is 58.3 Å². The summed E-state index contributed by atoms with van der Waals surface area (Å²) in [5.41, 5.74) is 0.552. The highest BCUT2D eigenvalue weighted by Crippen LogP contribution is 2.38. The van der Waals surface area contributed by atoms with Crippen LogP contribution < -0.4 is 16.0 Å². The lowest BCUT2D eigenvalue weighted by Gasteiger charge is -2.18. The van der Waals surface area contributed by atoms with E-state index in [4.69, 9.17) is 0 Å². The lowest BCUT2D eigenvalue weighted by Crippen LogP contribution is -2.30. The quantitative estimate of drug-likeness (QED) is 0.0610. The maximum atomic E-state index is 14.4. The van der Waals surface area contributed by atoms with Crippen molar-refractivity contribution in [1.29, 1.82) is 0 Å². The van der Waals surface area contributed by atoms with Crippen LogP contribution in [0.1, 0.15) is 26.7 Å². The number of carbonyl (C=O) groups excluding carboxylic acids is 3. The summed E-state index contributed by atoms with van der Waals surface area (Å²) in [6, 6.07) is 24.9. The predicted octanol–water partition coefficient (Wildman–Crippen LogP) is 8.19. The second-order valence-electron chi connectivity index (χ2n) is 9.66. The summed E-state index contributed by atoms with van der Waals surface area (Å²) in [6.07, 6.45) is 1.54. The average molecular weight is 662 g/mol. The van der Waals surface area contributed by atoms with Gasteiger partial charge in [0.1, 0.15) is 16.6 Å². The number of benzene rings is 4. The molecule has 4 aromatic carbocycles. The van der Waals surface area contributed by atoms with Gasteiger partial charge in [-0.2, -0.15) is 11.3 Å². The van der Waals surface area contributed by atoms with Crippen molar-refractivity contribution in [2.45, 2.75) is 10.1 Å². The molecular formula is C34H23F4N3O3S2. The monoisotopic (exact) mass is 661 g/mol. The molecule has 0 aliphatic carbocycles. The van der Waals surface area contributed by atoms with E-state index < -0.39 is 51.9 Å². The fraction of sp³-hybridized carbons (Fsp3) is 0.0294. The molecule has 232 valence electrons. The number of nitrogens with one attached hydrogen (secondary N) is 3. The van der Waals surface area contributed by atoms with Crippen LogP contribution in [0.2, 0.25) is 0 Å². The highest BCUT2D eigenvalue weighted by molar-refractivity contribution is 8.00. The van der Waals surface area contributed by atoms with E-state index in [1.54, 1.807) is 91.0 Å². The number of anilines is 2. The Morgan fingerprint density at radius 2 is 1.43 bits per heavy atom. The Kier molecular flexibility index (Phi) is 10.3. The first-order valence-corrected chi connectivity index (χ1v) is 15.4. The number of halogens is 4. The van der Waals surface area contributed by atoms with Gasteiger partial charge < -0.3 is 16.0 Å². The van der Waals surface area contributed by atoms with Crippen LogP contribution in [0.4, 0.5) is 28.9 Å². The number of hydrogen-bond donors (Lipinski definition) is 3. The molecule has 1 atom stereocenters. The molecular weight excluding hydrogens is 639 g/mol. The topological polar surface area (TPSA) is 87.3 Å². The zero-order chi connectivity index (χ0) is 32.6. The molecule has 3 N–H and O–H groups in total. The van der Waals surface area contributed by atoms with Gasteiger partial charge in [-0.1, -0.05) is 54.6 Å². The first-order valence-electron chi connectivity index (χ1n) is 13.6. The van der Waals surface area contributed by atoms with Crippen LogP contribution in [0.25, 0.3) is 6.08 Å². The van der Waals surface area contributed by atoms with Gasteiger partial charge in [-0.15, -0.1) is 11.8 Å². The maximum absolute atomic E-state index is 14.4. The molecule has 0 aliphatic heterocycles. The largest absolute Gasteiger partial charge is 0.321 e. The van der Waals surface area contributed by atoms with E-state index in [0.29, 0.717) is 27.3 Å². The summed E-state index contributed by atoms with van der Waals surface area (Å²) in [4.78, 5) is 40.1. The number of thiophene rings is 1. The van der Waals surface area contributed by atoms with E-state index >= 15 is 0 Å². The van der Waals surface area contributed by atoms with Crippen LogP contribution in [-0.2, 0) is 9.59 Å². The molecule has 46 heavy (non-hydrogen) atoms. The maximum Gasteiger partial charge on any atom is 0.272 e. The smallest absolute Gasteiger partial charge is 0.272 e. The lowest BCUT2D eigenvalue weighted by molar-refractivity contribution is -0.116. The van der Waals surface area contributed by atoms with Crippen molar-refractivity contribution in [1.82, 2.24) is 5.32 Å². The Morgan fingerprint density at radius 3 is 2.09 bits per heavy atom. The number of hydrogen-bond acceptors (Lipinski definition) is 5. The first kappa shape index (κ1) is 32.2. The minimum Gasteiger partial charge on any atom is -0.321 e. The number of rotatable bonds is 10. The van der Waals surface area contributed by atoms with E-state index in [1.165, 1.54) is 17.4 Å². The van der Waals surface area contributed by atoms with E-state index in [9.17, 15) is 31.9 Å². The molecule has 1 aromatic heterocycles. The third-order valence-electron chi connectivity index (χ3n) is 6.43. The third-order valence-corrected chi connectivity index (χ3v) is 8.38. The number of thioether (sulfide) groups is 1. The Labute approximate surface area is 269 Å². The zero-order valence-electron chi connectivity index (χ0n) is 23.6. The highest BCUT2D eigenvalue weighted by Gasteiger charge is 2.27. The molecule has 5 rings (SSSR count). The van der Waals surface area contributed by atoms with Crippen LogP contribution in [0, 0.1) is 23.3 Å². The van der Waals surface area contributed by atoms with Gasteiger partial charge in [0.15, 0.2) is 23.3 Å². The summed E-state index contributed by atoms with van der Waals surface area (Å²) in [7, 11) is 0. The van der Waals surface area contributed by atoms with E-state index in [-0.39, 0.29) is 11.8 Å². The Hall–Kier alpha value is -5.20. The predicted molar refractivity (Wildman–Crippen MR) is 171 cm³/mol. The second-order valence-corrected chi connectivity index (χ2v) is 11.6. The fourth-order valence-electron chi connectivity index (χ4n) is 4.22. The molecule has 0 fully saturated rings. The molecule has 5 aromatic rings. The summed E-state index contributed by atoms with van der Waals surface area (Å²) < 4.78 is 56.3. The van der Waals surface area contributed by atoms with E-state index in [2.05, 4.69) is 10.6 Å². The van der Waals surface area contributed by atoms with Crippen LogP contribution in [-0.4, -0.2) is 17.7 Å². The van der Waals surface area contributed by atoms with Crippen molar-refractivity contribution in [3.63, 3.8) is 0 Å². The zero-order valence-corrected chi connectivity index (χ0v) is 25.2. The normalized spacial score (nSPS) is 11.9. The molecule has 6 nitrogen and oxygen atoms in total. The number of amides is 3. The lowest BCUT2D eigenvalue weighted by atomic mass is 10.1. The minimum atomic E-state index is -1.74. The molecule has 0 aliphatic rings. The molecule has 0 spiro atoms. The van der Waals surface area contributed by atoms with Crippen LogP contribution in [0.5, 0.6) is 0 Å². The average Bonchev–Trinajstić information content (AvgIpc) is 3.58. The highest BCUT2D eigenvalue weighted by atomic mass is 32.2. The van der Waals surface area contributed by atoms with Gasteiger partial charge in [0.05, 0.1) is 0 Å². The van der Waals surface area contributed by atoms with Gasteiger partial charge in [-0.05, 0) is 64.4 Å². The molecule has 0 saturated heterocycles. The van der Waals surface area contributed by atoms with E-state index in [1.807, 2.05) is 16.1 Å². The SMILES string of the molecule is O=C(Nc1cccc(SC(C(=O)Nc2c(F)c(F)cc(F)c2F)c2ccccc2)c1)/C(=C/c1ccsc1)NC(=O)c1ccccc1. The van der Waals surface area contributed by atoms with Gasteiger partial charge in [-0.3, -0.25) is 14.4 Å². The molecule has 1 heterocycles. The van der Waals surface area contributed by atoms with E-state index in [0.717, 1.165) is 11.8 Å².